The summed E-state index contributed by atoms with van der Waals surface area (Å²) in [7, 11) is 3.21. The molecule has 0 bridgehead atoms. The molecule has 0 amide bonds. The SMILES string of the molecule is CC/C=C(C)/C(=C\C=C(C)\C(C)=C(/Nc1cncc(OC)n1)C(C)=N)OC.O=C(O)C1CCCCC1. The van der Waals surface area contributed by atoms with Crippen LogP contribution in [0.4, 0.5) is 5.82 Å². The predicted molar refractivity (Wildman–Crippen MR) is 145 cm³/mol. The summed E-state index contributed by atoms with van der Waals surface area (Å²) in [5.41, 5.74) is 4.14. The lowest BCUT2D eigenvalue weighted by atomic mass is 9.90. The van der Waals surface area contributed by atoms with Gasteiger partial charge in [-0.3, -0.25) is 9.78 Å². The second-order valence-electron chi connectivity index (χ2n) is 8.75. The quantitative estimate of drug-likeness (QED) is 0.187. The molecule has 0 spiro atoms. The zero-order chi connectivity index (χ0) is 27.1. The first kappa shape index (κ1) is 30.6. The number of nitrogens with zero attached hydrogens (tertiary/aromatic N) is 2. The maximum Gasteiger partial charge on any atom is 0.306 e. The molecule has 1 aromatic heterocycles. The molecule has 3 N–H and O–H groups in total. The van der Waals surface area contributed by atoms with E-state index in [0.29, 0.717) is 23.1 Å². The fourth-order valence-electron chi connectivity index (χ4n) is 3.74. The van der Waals surface area contributed by atoms with E-state index in [1.807, 2.05) is 32.9 Å². The maximum atomic E-state index is 10.4. The Labute approximate surface area is 215 Å². The first-order valence-electron chi connectivity index (χ1n) is 12.4. The number of anilines is 1. The molecular formula is C28H42N4O4. The average molecular weight is 499 g/mol. The molecule has 8 nitrogen and oxygen atoms in total. The summed E-state index contributed by atoms with van der Waals surface area (Å²) in [6.07, 6.45) is 15.4. The van der Waals surface area contributed by atoms with E-state index in [1.165, 1.54) is 12.6 Å². The summed E-state index contributed by atoms with van der Waals surface area (Å²) >= 11 is 0. The van der Waals surface area contributed by atoms with Crippen LogP contribution in [0.3, 0.4) is 0 Å². The molecule has 0 saturated heterocycles. The molecule has 8 heteroatoms. The predicted octanol–water partition coefficient (Wildman–Crippen LogP) is 6.69. The lowest BCUT2D eigenvalue weighted by Gasteiger charge is -2.16. The van der Waals surface area contributed by atoms with Crippen molar-refractivity contribution >= 4 is 17.5 Å². The molecule has 1 aliphatic carbocycles. The topological polar surface area (TPSA) is 117 Å². The normalized spacial score (nSPS) is 15.8. The molecule has 0 aliphatic heterocycles. The highest BCUT2D eigenvalue weighted by Crippen LogP contribution is 2.23. The van der Waals surface area contributed by atoms with E-state index in [2.05, 4.69) is 28.3 Å². The van der Waals surface area contributed by atoms with E-state index in [1.54, 1.807) is 27.3 Å². The Morgan fingerprint density at radius 1 is 1.11 bits per heavy atom. The van der Waals surface area contributed by atoms with Crippen molar-refractivity contribution in [2.45, 2.75) is 73.1 Å². The van der Waals surface area contributed by atoms with E-state index in [9.17, 15) is 4.79 Å². The van der Waals surface area contributed by atoms with Crippen molar-refractivity contribution in [1.29, 1.82) is 5.41 Å². The number of hydrogen-bond donors (Lipinski definition) is 3. The van der Waals surface area contributed by atoms with E-state index in [4.69, 9.17) is 20.0 Å². The van der Waals surface area contributed by atoms with Gasteiger partial charge in [-0.2, -0.15) is 4.98 Å². The number of carboxylic acid groups (broad SMARTS) is 1. The lowest BCUT2D eigenvalue weighted by Crippen LogP contribution is -2.16. The van der Waals surface area contributed by atoms with Gasteiger partial charge in [-0.05, 0) is 69.8 Å². The highest BCUT2D eigenvalue weighted by atomic mass is 16.5. The lowest BCUT2D eigenvalue weighted by molar-refractivity contribution is -0.142. The van der Waals surface area contributed by atoms with Crippen LogP contribution in [-0.4, -0.2) is 41.0 Å². The van der Waals surface area contributed by atoms with Crippen LogP contribution in [0.2, 0.25) is 0 Å². The van der Waals surface area contributed by atoms with Crippen LogP contribution in [0.5, 0.6) is 5.88 Å². The highest BCUT2D eigenvalue weighted by Gasteiger charge is 2.19. The molecule has 1 heterocycles. The molecule has 0 atom stereocenters. The number of carboxylic acids is 1. The summed E-state index contributed by atoms with van der Waals surface area (Å²) in [5, 5.41) is 19.8. The Hall–Kier alpha value is -3.42. The zero-order valence-electron chi connectivity index (χ0n) is 22.8. The van der Waals surface area contributed by atoms with Crippen molar-refractivity contribution in [3.8, 4) is 5.88 Å². The number of ether oxygens (including phenoxy) is 2. The van der Waals surface area contributed by atoms with Gasteiger partial charge in [-0.25, -0.2) is 0 Å². The maximum absolute atomic E-state index is 10.4. The molecule has 1 aromatic rings. The van der Waals surface area contributed by atoms with Crippen molar-refractivity contribution in [2.24, 2.45) is 5.92 Å². The third-order valence-corrected chi connectivity index (χ3v) is 5.97. The van der Waals surface area contributed by atoms with Gasteiger partial charge in [0, 0.05) is 0 Å². The standard InChI is InChI=1S/C21H30N4O2.C7H12O2/c1-8-9-15(3)18(26-6)11-10-14(2)16(4)21(17(5)22)25-19-12-23-13-20(24-19)27-7;8-7(9)6-4-2-1-3-5-6/h9-13,22H,8H2,1-7H3,(H,24,25);6H,1-5H2,(H,8,9)/b14-10+,15-9+,18-11+,21-16-,22-17?;. The van der Waals surface area contributed by atoms with Crippen LogP contribution < -0.4 is 10.1 Å². The first-order valence-corrected chi connectivity index (χ1v) is 12.4. The number of hydrogen-bond acceptors (Lipinski definition) is 7. The smallest absolute Gasteiger partial charge is 0.306 e. The Bertz CT molecular complexity index is 1000. The summed E-state index contributed by atoms with van der Waals surface area (Å²) in [6, 6.07) is 0. The minimum atomic E-state index is -0.602. The Morgan fingerprint density at radius 3 is 2.28 bits per heavy atom. The number of aromatic nitrogens is 2. The number of rotatable bonds is 10. The van der Waals surface area contributed by atoms with Gasteiger partial charge in [0.2, 0.25) is 5.88 Å². The molecular weight excluding hydrogens is 456 g/mol. The molecule has 198 valence electrons. The second-order valence-corrected chi connectivity index (χ2v) is 8.75. The van der Waals surface area contributed by atoms with Crippen LogP contribution in [0.25, 0.3) is 0 Å². The third-order valence-electron chi connectivity index (χ3n) is 5.97. The molecule has 36 heavy (non-hydrogen) atoms. The molecule has 1 fully saturated rings. The van der Waals surface area contributed by atoms with Gasteiger partial charge in [0.05, 0.1) is 43.9 Å². The summed E-state index contributed by atoms with van der Waals surface area (Å²) in [4.78, 5) is 18.7. The molecule has 0 unspecified atom stereocenters. The molecule has 0 radical (unpaired) electrons. The zero-order valence-corrected chi connectivity index (χ0v) is 22.8. The van der Waals surface area contributed by atoms with Crippen molar-refractivity contribution in [1.82, 2.24) is 9.97 Å². The minimum absolute atomic E-state index is 0.0289. The fourth-order valence-corrected chi connectivity index (χ4v) is 3.74. The molecule has 2 rings (SSSR count). The van der Waals surface area contributed by atoms with E-state index >= 15 is 0 Å². The molecule has 1 saturated carbocycles. The van der Waals surface area contributed by atoms with Crippen LogP contribution >= 0.6 is 0 Å². The van der Waals surface area contributed by atoms with Gasteiger partial charge in [-0.15, -0.1) is 0 Å². The fraction of sp³-hybridized carbons (Fsp3) is 0.500. The minimum Gasteiger partial charge on any atom is -0.497 e. The van der Waals surface area contributed by atoms with Crippen molar-refractivity contribution in [3.05, 3.63) is 58.8 Å². The van der Waals surface area contributed by atoms with Crippen molar-refractivity contribution in [2.75, 3.05) is 19.5 Å². The summed E-state index contributed by atoms with van der Waals surface area (Å²) in [6.45, 7) is 9.82. The van der Waals surface area contributed by atoms with Crippen LogP contribution in [-0.2, 0) is 9.53 Å². The Balaban J connectivity index is 0.000000600. The van der Waals surface area contributed by atoms with Gasteiger partial charge in [-0.1, -0.05) is 38.3 Å². The van der Waals surface area contributed by atoms with Gasteiger partial charge in [0.1, 0.15) is 5.76 Å². The first-order chi connectivity index (χ1) is 17.1. The van der Waals surface area contributed by atoms with Crippen LogP contribution in [0.1, 0.15) is 73.1 Å². The molecule has 1 aliphatic rings. The van der Waals surface area contributed by atoms with E-state index in [-0.39, 0.29) is 5.92 Å². The number of allylic oxidation sites excluding steroid dienone is 7. The van der Waals surface area contributed by atoms with Crippen LogP contribution in [0.15, 0.2) is 58.8 Å². The average Bonchev–Trinajstić information content (AvgIpc) is 2.88. The van der Waals surface area contributed by atoms with Gasteiger partial charge in [0.15, 0.2) is 5.82 Å². The van der Waals surface area contributed by atoms with E-state index in [0.717, 1.165) is 54.6 Å². The number of nitrogens with one attached hydrogen (secondary N) is 2. The number of methoxy groups -OCH3 is 2. The van der Waals surface area contributed by atoms with Crippen LogP contribution in [0, 0.1) is 11.3 Å². The molecule has 0 aromatic carbocycles. The Morgan fingerprint density at radius 2 is 1.78 bits per heavy atom. The second kappa shape index (κ2) is 16.3. The monoisotopic (exact) mass is 498 g/mol. The van der Waals surface area contributed by atoms with Gasteiger partial charge >= 0.3 is 5.97 Å². The third kappa shape index (κ3) is 10.5. The van der Waals surface area contributed by atoms with Gasteiger partial charge in [0.25, 0.3) is 0 Å². The Kier molecular flexibility index (Phi) is 13.8. The number of carbonyl (C=O) groups is 1. The van der Waals surface area contributed by atoms with Crippen molar-refractivity contribution in [3.63, 3.8) is 0 Å². The highest BCUT2D eigenvalue weighted by molar-refractivity contribution is 5.99. The van der Waals surface area contributed by atoms with Gasteiger partial charge < -0.3 is 25.3 Å². The largest absolute Gasteiger partial charge is 0.497 e. The van der Waals surface area contributed by atoms with E-state index < -0.39 is 5.97 Å². The summed E-state index contributed by atoms with van der Waals surface area (Å²) in [5.74, 6) is 1.13. The van der Waals surface area contributed by atoms with Crippen molar-refractivity contribution < 1.29 is 19.4 Å². The summed E-state index contributed by atoms with van der Waals surface area (Å²) < 4.78 is 10.6. The number of aliphatic carboxylic acids is 1.